The first-order valence-electron chi connectivity index (χ1n) is 6.48. The molecule has 0 heterocycles. The van der Waals surface area contributed by atoms with E-state index < -0.39 is 0 Å². The molecule has 1 N–H and O–H groups in total. The van der Waals surface area contributed by atoms with Crippen molar-refractivity contribution in [3.05, 3.63) is 48.0 Å². The van der Waals surface area contributed by atoms with Crippen molar-refractivity contribution < 1.29 is 0 Å². The number of hydrogen-bond acceptors (Lipinski definition) is 1. The summed E-state index contributed by atoms with van der Waals surface area (Å²) in [5, 5.41) is 6.36. The van der Waals surface area contributed by atoms with Crippen molar-refractivity contribution in [2.45, 2.75) is 26.4 Å². The van der Waals surface area contributed by atoms with Crippen LogP contribution in [0, 0.1) is 5.92 Å². The lowest BCUT2D eigenvalue weighted by Gasteiger charge is -2.20. The van der Waals surface area contributed by atoms with E-state index in [2.05, 4.69) is 84.2 Å². The zero-order valence-corrected chi connectivity index (χ0v) is 13.1. The van der Waals surface area contributed by atoms with Crippen LogP contribution in [-0.2, 0) is 6.54 Å². The highest BCUT2D eigenvalue weighted by Gasteiger charge is 2.11. The van der Waals surface area contributed by atoms with Crippen LogP contribution < -0.4 is 5.32 Å². The van der Waals surface area contributed by atoms with E-state index in [1.54, 1.807) is 0 Å². The zero-order valence-electron chi connectivity index (χ0n) is 11.0. The molecule has 0 saturated carbocycles. The fraction of sp³-hybridized carbons (Fsp3) is 0.375. The molecule has 1 unspecified atom stereocenters. The number of benzene rings is 2. The lowest BCUT2D eigenvalue weighted by Crippen LogP contribution is -2.34. The standard InChI is InChI=1S/C16H20IN/c1-12(2)16(10-17)18-11-14-8-5-7-13-6-3-4-9-15(13)14/h3-9,12,16,18H,10-11H2,1-2H3. The summed E-state index contributed by atoms with van der Waals surface area (Å²) in [4.78, 5) is 0. The highest BCUT2D eigenvalue weighted by molar-refractivity contribution is 14.1. The minimum atomic E-state index is 0.588. The Bertz CT molecular complexity index is 502. The molecule has 0 radical (unpaired) electrons. The average molecular weight is 353 g/mol. The molecular formula is C16H20IN. The van der Waals surface area contributed by atoms with Crippen molar-refractivity contribution in [1.82, 2.24) is 5.32 Å². The third-order valence-corrected chi connectivity index (χ3v) is 4.35. The molecule has 2 rings (SSSR count). The van der Waals surface area contributed by atoms with Crippen LogP contribution >= 0.6 is 22.6 Å². The summed E-state index contributed by atoms with van der Waals surface area (Å²) in [7, 11) is 0. The predicted octanol–water partition coefficient (Wildman–Crippen LogP) is 4.39. The molecule has 0 amide bonds. The first-order valence-corrected chi connectivity index (χ1v) is 8.01. The minimum absolute atomic E-state index is 0.588. The molecule has 18 heavy (non-hydrogen) atoms. The second-order valence-corrected chi connectivity index (χ2v) is 5.90. The monoisotopic (exact) mass is 353 g/mol. The Morgan fingerprint density at radius 1 is 1.06 bits per heavy atom. The van der Waals surface area contributed by atoms with Crippen molar-refractivity contribution in [1.29, 1.82) is 0 Å². The lowest BCUT2D eigenvalue weighted by molar-refractivity contribution is 0.437. The summed E-state index contributed by atoms with van der Waals surface area (Å²) in [5.74, 6) is 0.678. The van der Waals surface area contributed by atoms with Gasteiger partial charge in [-0.15, -0.1) is 0 Å². The van der Waals surface area contributed by atoms with Crippen LogP contribution in [0.1, 0.15) is 19.4 Å². The maximum absolute atomic E-state index is 3.67. The summed E-state index contributed by atoms with van der Waals surface area (Å²) < 4.78 is 1.15. The van der Waals surface area contributed by atoms with E-state index in [0.717, 1.165) is 11.0 Å². The maximum Gasteiger partial charge on any atom is 0.0214 e. The van der Waals surface area contributed by atoms with Gasteiger partial charge in [0.15, 0.2) is 0 Å². The number of alkyl halides is 1. The van der Waals surface area contributed by atoms with E-state index >= 15 is 0 Å². The van der Waals surface area contributed by atoms with Crippen molar-refractivity contribution in [2.75, 3.05) is 4.43 Å². The largest absolute Gasteiger partial charge is 0.309 e. The van der Waals surface area contributed by atoms with E-state index in [-0.39, 0.29) is 0 Å². The summed E-state index contributed by atoms with van der Waals surface area (Å²) >= 11 is 2.46. The maximum atomic E-state index is 3.67. The third kappa shape index (κ3) is 3.23. The molecule has 1 nitrogen and oxygen atoms in total. The smallest absolute Gasteiger partial charge is 0.0214 e. The van der Waals surface area contributed by atoms with Crippen molar-refractivity contribution in [3.8, 4) is 0 Å². The molecule has 0 spiro atoms. The zero-order chi connectivity index (χ0) is 13.0. The van der Waals surface area contributed by atoms with Crippen LogP contribution in [0.5, 0.6) is 0 Å². The van der Waals surface area contributed by atoms with Crippen molar-refractivity contribution in [3.63, 3.8) is 0 Å². The molecule has 0 aliphatic rings. The molecular weight excluding hydrogens is 333 g/mol. The van der Waals surface area contributed by atoms with Crippen molar-refractivity contribution in [2.24, 2.45) is 5.92 Å². The summed E-state index contributed by atoms with van der Waals surface area (Å²) in [5.41, 5.74) is 1.39. The third-order valence-electron chi connectivity index (χ3n) is 3.41. The second-order valence-electron chi connectivity index (χ2n) is 5.02. The topological polar surface area (TPSA) is 12.0 Å². The van der Waals surface area contributed by atoms with Gasteiger partial charge in [-0.05, 0) is 22.3 Å². The number of rotatable bonds is 5. The number of nitrogens with one attached hydrogen (secondary N) is 1. The van der Waals surface area contributed by atoms with Crippen molar-refractivity contribution >= 4 is 33.4 Å². The Labute approximate surface area is 123 Å². The van der Waals surface area contributed by atoms with Gasteiger partial charge in [-0.1, -0.05) is 78.9 Å². The predicted molar refractivity (Wildman–Crippen MR) is 88.3 cm³/mol. The fourth-order valence-electron chi connectivity index (χ4n) is 2.16. The minimum Gasteiger partial charge on any atom is -0.309 e. The molecule has 0 fully saturated rings. The number of fused-ring (bicyclic) bond motifs is 1. The molecule has 2 aromatic rings. The highest BCUT2D eigenvalue weighted by Crippen LogP contribution is 2.18. The number of hydrogen-bond donors (Lipinski definition) is 1. The van der Waals surface area contributed by atoms with E-state index in [1.807, 2.05) is 0 Å². The van der Waals surface area contributed by atoms with Gasteiger partial charge in [0.1, 0.15) is 0 Å². The summed E-state index contributed by atoms with van der Waals surface area (Å²) in [6.45, 7) is 5.51. The van der Waals surface area contributed by atoms with E-state index in [4.69, 9.17) is 0 Å². The second kappa shape index (κ2) is 6.53. The van der Waals surface area contributed by atoms with Gasteiger partial charge in [-0.3, -0.25) is 0 Å². The van der Waals surface area contributed by atoms with Gasteiger partial charge in [0.25, 0.3) is 0 Å². The van der Waals surface area contributed by atoms with Crippen LogP contribution in [-0.4, -0.2) is 10.5 Å². The first kappa shape index (κ1) is 13.8. The molecule has 2 heteroatoms. The SMILES string of the molecule is CC(C)C(CI)NCc1cccc2ccccc12. The quantitative estimate of drug-likeness (QED) is 0.621. The Morgan fingerprint density at radius 3 is 2.50 bits per heavy atom. The number of halogens is 1. The molecule has 2 aromatic carbocycles. The lowest BCUT2D eigenvalue weighted by atomic mass is 10.0. The molecule has 1 atom stereocenters. The normalized spacial score (nSPS) is 13.1. The molecule has 0 bridgehead atoms. The molecule has 0 aliphatic carbocycles. The Kier molecular flexibility index (Phi) is 5.01. The van der Waals surface area contributed by atoms with Gasteiger partial charge in [0, 0.05) is 17.0 Å². The van der Waals surface area contributed by atoms with E-state index in [9.17, 15) is 0 Å². The van der Waals surface area contributed by atoms with E-state index in [1.165, 1.54) is 16.3 Å². The molecule has 0 saturated heterocycles. The fourth-order valence-corrected chi connectivity index (χ4v) is 3.48. The van der Waals surface area contributed by atoms with Gasteiger partial charge >= 0.3 is 0 Å². The molecule has 96 valence electrons. The van der Waals surface area contributed by atoms with E-state index in [0.29, 0.717) is 12.0 Å². The van der Waals surface area contributed by atoms with Crippen LogP contribution in [0.3, 0.4) is 0 Å². The summed E-state index contributed by atoms with van der Waals surface area (Å²) in [6.07, 6.45) is 0. The van der Waals surface area contributed by atoms with Gasteiger partial charge in [0.2, 0.25) is 0 Å². The average Bonchev–Trinajstić information content (AvgIpc) is 2.39. The van der Waals surface area contributed by atoms with Crippen LogP contribution in [0.4, 0.5) is 0 Å². The Morgan fingerprint density at radius 2 is 1.78 bits per heavy atom. The van der Waals surface area contributed by atoms with Crippen LogP contribution in [0.2, 0.25) is 0 Å². The van der Waals surface area contributed by atoms with Gasteiger partial charge < -0.3 is 5.32 Å². The van der Waals surface area contributed by atoms with Gasteiger partial charge in [-0.25, -0.2) is 0 Å². The summed E-state index contributed by atoms with van der Waals surface area (Å²) in [6, 6.07) is 15.7. The van der Waals surface area contributed by atoms with Crippen LogP contribution in [0.15, 0.2) is 42.5 Å². The first-order chi connectivity index (χ1) is 8.72. The Hall–Kier alpha value is -0.610. The van der Waals surface area contributed by atoms with Gasteiger partial charge in [-0.2, -0.15) is 0 Å². The Balaban J connectivity index is 2.17. The molecule has 0 aliphatic heterocycles. The molecule has 0 aromatic heterocycles. The van der Waals surface area contributed by atoms with Gasteiger partial charge in [0.05, 0.1) is 0 Å². The van der Waals surface area contributed by atoms with Crippen LogP contribution in [0.25, 0.3) is 10.8 Å². The highest BCUT2D eigenvalue weighted by atomic mass is 127.